The van der Waals surface area contributed by atoms with Crippen LogP contribution in [0.25, 0.3) is 0 Å². The molecule has 0 aliphatic carbocycles. The Balaban J connectivity index is 0.00000180. The van der Waals surface area contributed by atoms with Crippen LogP contribution in [0.4, 0.5) is 0 Å². The van der Waals surface area contributed by atoms with Crippen molar-refractivity contribution in [2.75, 3.05) is 19.6 Å². The van der Waals surface area contributed by atoms with E-state index in [0.717, 1.165) is 31.7 Å². The number of benzene rings is 1. The number of hydrogen-bond donors (Lipinski definition) is 1. The standard InChI is InChI=1S/C14H19N3O.ClH/c15-8-10-17(12-14-7-11-18-16-14)9-6-13-4-2-1-3-5-13;/h1-5,7,11H,6,8-10,12,15H2;1H. The summed E-state index contributed by atoms with van der Waals surface area (Å²) in [4.78, 5) is 2.30. The third-order valence-electron chi connectivity index (χ3n) is 2.88. The summed E-state index contributed by atoms with van der Waals surface area (Å²) in [6.45, 7) is 3.31. The lowest BCUT2D eigenvalue weighted by molar-refractivity contribution is 0.266. The van der Waals surface area contributed by atoms with Crippen molar-refractivity contribution in [3.63, 3.8) is 0 Å². The van der Waals surface area contributed by atoms with Crippen molar-refractivity contribution in [3.05, 3.63) is 53.9 Å². The zero-order valence-corrected chi connectivity index (χ0v) is 11.7. The molecule has 0 radical (unpaired) electrons. The quantitative estimate of drug-likeness (QED) is 0.844. The fraction of sp³-hybridized carbons (Fsp3) is 0.357. The Morgan fingerprint density at radius 2 is 1.89 bits per heavy atom. The van der Waals surface area contributed by atoms with Gasteiger partial charge in [-0.25, -0.2) is 0 Å². The van der Waals surface area contributed by atoms with Crippen LogP contribution in [0, 0.1) is 0 Å². The highest BCUT2D eigenvalue weighted by Gasteiger charge is 2.07. The molecule has 2 rings (SSSR count). The van der Waals surface area contributed by atoms with Crippen LogP contribution in [0.2, 0.25) is 0 Å². The minimum Gasteiger partial charge on any atom is -0.364 e. The normalized spacial score (nSPS) is 10.4. The molecule has 0 aliphatic heterocycles. The van der Waals surface area contributed by atoms with Gasteiger partial charge in [-0.05, 0) is 12.0 Å². The van der Waals surface area contributed by atoms with E-state index in [-0.39, 0.29) is 12.4 Å². The molecule has 1 aromatic heterocycles. The second-order valence-corrected chi connectivity index (χ2v) is 4.29. The van der Waals surface area contributed by atoms with Crippen molar-refractivity contribution >= 4 is 12.4 Å². The predicted octanol–water partition coefficient (Wildman–Crippen LogP) is 2.10. The van der Waals surface area contributed by atoms with E-state index in [4.69, 9.17) is 10.3 Å². The SMILES string of the molecule is Cl.NCCN(CCc1ccccc1)Cc1ccon1. The van der Waals surface area contributed by atoms with Gasteiger partial charge in [0.25, 0.3) is 0 Å². The van der Waals surface area contributed by atoms with Crippen molar-refractivity contribution in [3.8, 4) is 0 Å². The topological polar surface area (TPSA) is 55.3 Å². The fourth-order valence-electron chi connectivity index (χ4n) is 1.93. The lowest BCUT2D eigenvalue weighted by Gasteiger charge is -2.20. The second kappa shape index (κ2) is 8.69. The first-order chi connectivity index (χ1) is 8.88. The molecule has 5 heteroatoms. The van der Waals surface area contributed by atoms with E-state index >= 15 is 0 Å². The number of nitrogens with two attached hydrogens (primary N) is 1. The Hall–Kier alpha value is -1.36. The van der Waals surface area contributed by atoms with Crippen molar-refractivity contribution in [2.24, 2.45) is 5.73 Å². The predicted molar refractivity (Wildman–Crippen MR) is 78.2 cm³/mol. The van der Waals surface area contributed by atoms with E-state index in [1.807, 2.05) is 12.1 Å². The summed E-state index contributed by atoms with van der Waals surface area (Å²) in [6, 6.07) is 12.4. The molecule has 1 aromatic carbocycles. The first-order valence-electron chi connectivity index (χ1n) is 6.24. The van der Waals surface area contributed by atoms with Crippen LogP contribution in [0.1, 0.15) is 11.3 Å². The monoisotopic (exact) mass is 281 g/mol. The molecule has 1 heterocycles. The van der Waals surface area contributed by atoms with Crippen molar-refractivity contribution in [2.45, 2.75) is 13.0 Å². The molecule has 0 aliphatic rings. The lowest BCUT2D eigenvalue weighted by Crippen LogP contribution is -2.31. The molecule has 0 fully saturated rings. The number of nitrogens with zero attached hydrogens (tertiary/aromatic N) is 2. The van der Waals surface area contributed by atoms with Crippen molar-refractivity contribution < 1.29 is 4.52 Å². The lowest BCUT2D eigenvalue weighted by atomic mass is 10.1. The average molecular weight is 282 g/mol. The Labute approximate surface area is 120 Å². The maximum absolute atomic E-state index is 5.64. The van der Waals surface area contributed by atoms with Crippen molar-refractivity contribution in [1.29, 1.82) is 0 Å². The molecular formula is C14H20ClN3O. The van der Waals surface area contributed by atoms with Crippen LogP contribution in [-0.4, -0.2) is 29.7 Å². The molecule has 4 nitrogen and oxygen atoms in total. The van der Waals surface area contributed by atoms with E-state index in [1.165, 1.54) is 5.56 Å². The molecule has 19 heavy (non-hydrogen) atoms. The van der Waals surface area contributed by atoms with Crippen LogP contribution in [-0.2, 0) is 13.0 Å². The summed E-state index contributed by atoms with van der Waals surface area (Å²) in [5.74, 6) is 0. The Kier molecular flexibility index (Phi) is 7.18. The summed E-state index contributed by atoms with van der Waals surface area (Å²) in [7, 11) is 0. The third kappa shape index (κ3) is 5.42. The molecule has 0 bridgehead atoms. The van der Waals surface area contributed by atoms with Gasteiger partial charge in [0.2, 0.25) is 0 Å². The summed E-state index contributed by atoms with van der Waals surface area (Å²) in [5, 5.41) is 3.94. The van der Waals surface area contributed by atoms with E-state index in [1.54, 1.807) is 6.26 Å². The Morgan fingerprint density at radius 1 is 1.11 bits per heavy atom. The van der Waals surface area contributed by atoms with E-state index in [2.05, 4.69) is 34.3 Å². The van der Waals surface area contributed by atoms with E-state index in [9.17, 15) is 0 Å². The zero-order valence-electron chi connectivity index (χ0n) is 10.9. The molecule has 2 aromatic rings. The Bertz CT molecular complexity index is 433. The van der Waals surface area contributed by atoms with Gasteiger partial charge in [-0.1, -0.05) is 35.5 Å². The largest absolute Gasteiger partial charge is 0.364 e. The molecule has 104 valence electrons. The molecule has 0 spiro atoms. The van der Waals surface area contributed by atoms with Gasteiger partial charge < -0.3 is 10.3 Å². The number of rotatable bonds is 7. The second-order valence-electron chi connectivity index (χ2n) is 4.29. The number of hydrogen-bond acceptors (Lipinski definition) is 4. The molecule has 2 N–H and O–H groups in total. The minimum absolute atomic E-state index is 0. The van der Waals surface area contributed by atoms with Gasteiger partial charge in [-0.3, -0.25) is 4.90 Å². The third-order valence-corrected chi connectivity index (χ3v) is 2.88. The summed E-state index contributed by atoms with van der Waals surface area (Å²) < 4.78 is 4.85. The fourth-order valence-corrected chi connectivity index (χ4v) is 1.93. The van der Waals surface area contributed by atoms with Crippen LogP contribution in [0.3, 0.4) is 0 Å². The van der Waals surface area contributed by atoms with Crippen LogP contribution >= 0.6 is 12.4 Å². The maximum atomic E-state index is 5.64. The van der Waals surface area contributed by atoms with E-state index in [0.29, 0.717) is 6.54 Å². The van der Waals surface area contributed by atoms with Crippen LogP contribution < -0.4 is 5.73 Å². The molecule has 0 atom stereocenters. The molecule has 0 saturated heterocycles. The first kappa shape index (κ1) is 15.7. The van der Waals surface area contributed by atoms with Gasteiger partial charge in [0.05, 0.1) is 5.69 Å². The average Bonchev–Trinajstić information content (AvgIpc) is 2.90. The zero-order chi connectivity index (χ0) is 12.6. The van der Waals surface area contributed by atoms with Gasteiger partial charge in [0, 0.05) is 32.2 Å². The highest BCUT2D eigenvalue weighted by molar-refractivity contribution is 5.85. The summed E-state index contributed by atoms with van der Waals surface area (Å²) >= 11 is 0. The first-order valence-corrected chi connectivity index (χ1v) is 6.24. The van der Waals surface area contributed by atoms with Crippen LogP contribution in [0.15, 0.2) is 47.2 Å². The molecular weight excluding hydrogens is 262 g/mol. The Morgan fingerprint density at radius 3 is 2.53 bits per heavy atom. The molecule has 0 amide bonds. The molecule has 0 unspecified atom stereocenters. The summed E-state index contributed by atoms with van der Waals surface area (Å²) in [6.07, 6.45) is 2.63. The van der Waals surface area contributed by atoms with Crippen molar-refractivity contribution in [1.82, 2.24) is 10.1 Å². The summed E-state index contributed by atoms with van der Waals surface area (Å²) in [5.41, 5.74) is 7.94. The maximum Gasteiger partial charge on any atom is 0.124 e. The highest BCUT2D eigenvalue weighted by atomic mass is 35.5. The van der Waals surface area contributed by atoms with Gasteiger partial charge in [-0.15, -0.1) is 12.4 Å². The van der Waals surface area contributed by atoms with Gasteiger partial charge in [0.15, 0.2) is 0 Å². The highest BCUT2D eigenvalue weighted by Crippen LogP contribution is 2.05. The number of halogens is 1. The smallest absolute Gasteiger partial charge is 0.124 e. The van der Waals surface area contributed by atoms with Gasteiger partial charge >= 0.3 is 0 Å². The van der Waals surface area contributed by atoms with Crippen LogP contribution in [0.5, 0.6) is 0 Å². The van der Waals surface area contributed by atoms with Gasteiger partial charge in [0.1, 0.15) is 6.26 Å². The minimum atomic E-state index is 0. The molecule has 0 saturated carbocycles. The van der Waals surface area contributed by atoms with E-state index < -0.39 is 0 Å². The number of aromatic nitrogens is 1. The van der Waals surface area contributed by atoms with Gasteiger partial charge in [-0.2, -0.15) is 0 Å².